The van der Waals surface area contributed by atoms with Crippen molar-refractivity contribution >= 4 is 11.4 Å². The zero-order valence-electron chi connectivity index (χ0n) is 13.2. The normalized spacial score (nSPS) is 10.5. The van der Waals surface area contributed by atoms with Crippen LogP contribution >= 0.6 is 0 Å². The lowest BCUT2D eigenvalue weighted by molar-refractivity contribution is 0.415. The van der Waals surface area contributed by atoms with Gasteiger partial charge < -0.3 is 15.0 Å². The standard InChI is InChI=1S/C17H23N3O/c1-5-18-11-14-12-19-13(2)9-17(14)20(3)15-7-6-8-16(10-15)21-4/h6-10,12,18H,5,11H2,1-4H3. The minimum Gasteiger partial charge on any atom is -0.497 e. The van der Waals surface area contributed by atoms with Crippen molar-refractivity contribution in [2.24, 2.45) is 0 Å². The lowest BCUT2D eigenvalue weighted by atomic mass is 10.1. The molecule has 21 heavy (non-hydrogen) atoms. The quantitative estimate of drug-likeness (QED) is 0.884. The van der Waals surface area contributed by atoms with Crippen LogP contribution in [-0.4, -0.2) is 25.7 Å². The van der Waals surface area contributed by atoms with Crippen molar-refractivity contribution in [2.45, 2.75) is 20.4 Å². The first-order valence-corrected chi connectivity index (χ1v) is 7.19. The zero-order valence-corrected chi connectivity index (χ0v) is 13.2. The highest BCUT2D eigenvalue weighted by Gasteiger charge is 2.11. The molecule has 0 amide bonds. The average Bonchev–Trinajstić information content (AvgIpc) is 2.53. The molecular formula is C17H23N3O. The van der Waals surface area contributed by atoms with E-state index in [1.165, 1.54) is 5.56 Å². The zero-order chi connectivity index (χ0) is 15.2. The molecule has 112 valence electrons. The number of ether oxygens (including phenoxy) is 1. The van der Waals surface area contributed by atoms with Crippen LogP contribution in [0.15, 0.2) is 36.5 Å². The Balaban J connectivity index is 2.36. The van der Waals surface area contributed by atoms with Gasteiger partial charge in [-0.3, -0.25) is 4.98 Å². The second-order valence-corrected chi connectivity index (χ2v) is 5.00. The van der Waals surface area contributed by atoms with Gasteiger partial charge in [0.05, 0.1) is 7.11 Å². The number of rotatable bonds is 6. The highest BCUT2D eigenvalue weighted by atomic mass is 16.5. The fourth-order valence-electron chi connectivity index (χ4n) is 2.24. The molecular weight excluding hydrogens is 262 g/mol. The van der Waals surface area contributed by atoms with Gasteiger partial charge in [0.15, 0.2) is 0 Å². The van der Waals surface area contributed by atoms with Crippen LogP contribution < -0.4 is 15.0 Å². The molecule has 0 radical (unpaired) electrons. The Kier molecular flexibility index (Phi) is 5.17. The third-order valence-electron chi connectivity index (χ3n) is 3.47. The van der Waals surface area contributed by atoms with Crippen LogP contribution in [0.4, 0.5) is 11.4 Å². The van der Waals surface area contributed by atoms with E-state index in [0.29, 0.717) is 0 Å². The lowest BCUT2D eigenvalue weighted by Gasteiger charge is -2.23. The van der Waals surface area contributed by atoms with Gasteiger partial charge >= 0.3 is 0 Å². The van der Waals surface area contributed by atoms with Crippen molar-refractivity contribution in [2.75, 3.05) is 25.6 Å². The smallest absolute Gasteiger partial charge is 0.120 e. The maximum atomic E-state index is 5.31. The fourth-order valence-corrected chi connectivity index (χ4v) is 2.24. The molecule has 0 unspecified atom stereocenters. The summed E-state index contributed by atoms with van der Waals surface area (Å²) in [7, 11) is 3.76. The van der Waals surface area contributed by atoms with E-state index < -0.39 is 0 Å². The minimum absolute atomic E-state index is 0.813. The summed E-state index contributed by atoms with van der Waals surface area (Å²) in [6.07, 6.45) is 1.95. The molecule has 0 aliphatic rings. The van der Waals surface area contributed by atoms with Crippen molar-refractivity contribution in [3.8, 4) is 5.75 Å². The number of methoxy groups -OCH3 is 1. The van der Waals surface area contributed by atoms with Gasteiger partial charge in [0.25, 0.3) is 0 Å². The topological polar surface area (TPSA) is 37.4 Å². The van der Waals surface area contributed by atoms with Crippen molar-refractivity contribution < 1.29 is 4.74 Å². The number of benzene rings is 1. The Morgan fingerprint density at radius 3 is 2.81 bits per heavy atom. The largest absolute Gasteiger partial charge is 0.497 e. The van der Waals surface area contributed by atoms with Crippen molar-refractivity contribution in [3.63, 3.8) is 0 Å². The van der Waals surface area contributed by atoms with Gasteiger partial charge in [-0.2, -0.15) is 0 Å². The van der Waals surface area contributed by atoms with Crippen LogP contribution in [0.2, 0.25) is 0 Å². The molecule has 0 aliphatic carbocycles. The Hall–Kier alpha value is -2.07. The highest BCUT2D eigenvalue weighted by Crippen LogP contribution is 2.29. The molecule has 0 bridgehead atoms. The van der Waals surface area contributed by atoms with E-state index in [0.717, 1.165) is 35.9 Å². The summed E-state index contributed by atoms with van der Waals surface area (Å²) in [4.78, 5) is 6.58. The van der Waals surface area contributed by atoms with Crippen molar-refractivity contribution in [3.05, 3.63) is 47.8 Å². The number of aromatic nitrogens is 1. The second-order valence-electron chi connectivity index (χ2n) is 5.00. The highest BCUT2D eigenvalue weighted by molar-refractivity contribution is 5.66. The molecule has 0 aliphatic heterocycles. The monoisotopic (exact) mass is 285 g/mol. The van der Waals surface area contributed by atoms with E-state index in [-0.39, 0.29) is 0 Å². The number of hydrogen-bond donors (Lipinski definition) is 1. The van der Waals surface area contributed by atoms with Crippen LogP contribution in [0.5, 0.6) is 5.75 Å². The first-order chi connectivity index (χ1) is 10.2. The molecule has 0 spiro atoms. The van der Waals surface area contributed by atoms with Crippen LogP contribution in [0.1, 0.15) is 18.2 Å². The summed E-state index contributed by atoms with van der Waals surface area (Å²) in [6.45, 7) is 5.87. The average molecular weight is 285 g/mol. The third-order valence-corrected chi connectivity index (χ3v) is 3.47. The molecule has 0 saturated carbocycles. The van der Waals surface area contributed by atoms with E-state index in [1.807, 2.05) is 31.3 Å². The van der Waals surface area contributed by atoms with Crippen LogP contribution in [0, 0.1) is 6.92 Å². The van der Waals surface area contributed by atoms with Gasteiger partial charge in [-0.25, -0.2) is 0 Å². The molecule has 1 heterocycles. The van der Waals surface area contributed by atoms with E-state index in [2.05, 4.69) is 41.3 Å². The fraction of sp³-hybridized carbons (Fsp3) is 0.353. The Morgan fingerprint density at radius 1 is 1.29 bits per heavy atom. The summed E-state index contributed by atoms with van der Waals surface area (Å²) < 4.78 is 5.31. The number of aryl methyl sites for hydroxylation is 1. The van der Waals surface area contributed by atoms with Gasteiger partial charge in [-0.05, 0) is 31.7 Å². The Morgan fingerprint density at radius 2 is 2.10 bits per heavy atom. The van der Waals surface area contributed by atoms with Crippen LogP contribution in [0.25, 0.3) is 0 Å². The number of nitrogens with zero attached hydrogens (tertiary/aromatic N) is 2. The molecule has 1 aromatic heterocycles. The van der Waals surface area contributed by atoms with E-state index >= 15 is 0 Å². The Labute approximate surface area is 126 Å². The molecule has 1 N–H and O–H groups in total. The summed E-state index contributed by atoms with van der Waals surface area (Å²) in [5.74, 6) is 0.860. The SMILES string of the molecule is CCNCc1cnc(C)cc1N(C)c1cccc(OC)c1. The van der Waals surface area contributed by atoms with Gasteiger partial charge in [-0.1, -0.05) is 13.0 Å². The molecule has 1 aromatic carbocycles. The van der Waals surface area contributed by atoms with Crippen molar-refractivity contribution in [1.82, 2.24) is 10.3 Å². The molecule has 4 nitrogen and oxygen atoms in total. The number of nitrogens with one attached hydrogen (secondary N) is 1. The van der Waals surface area contributed by atoms with E-state index in [4.69, 9.17) is 4.74 Å². The predicted molar refractivity (Wildman–Crippen MR) is 87.4 cm³/mol. The lowest BCUT2D eigenvalue weighted by Crippen LogP contribution is -2.17. The maximum Gasteiger partial charge on any atom is 0.120 e. The number of pyridine rings is 1. The van der Waals surface area contributed by atoms with Crippen LogP contribution in [0.3, 0.4) is 0 Å². The summed E-state index contributed by atoms with van der Waals surface area (Å²) >= 11 is 0. The van der Waals surface area contributed by atoms with Crippen molar-refractivity contribution in [1.29, 1.82) is 0 Å². The molecule has 0 fully saturated rings. The third kappa shape index (κ3) is 3.73. The molecule has 2 rings (SSSR count). The predicted octanol–water partition coefficient (Wildman–Crippen LogP) is 3.28. The van der Waals surface area contributed by atoms with Crippen LogP contribution in [-0.2, 0) is 6.54 Å². The van der Waals surface area contributed by atoms with Gasteiger partial charge in [0, 0.05) is 48.5 Å². The first-order valence-electron chi connectivity index (χ1n) is 7.19. The number of hydrogen-bond acceptors (Lipinski definition) is 4. The number of anilines is 2. The van der Waals surface area contributed by atoms with Gasteiger partial charge in [-0.15, -0.1) is 0 Å². The molecule has 0 saturated heterocycles. The molecule has 0 atom stereocenters. The molecule has 2 aromatic rings. The van der Waals surface area contributed by atoms with Gasteiger partial charge in [0.1, 0.15) is 5.75 Å². The van der Waals surface area contributed by atoms with E-state index in [9.17, 15) is 0 Å². The summed E-state index contributed by atoms with van der Waals surface area (Å²) in [5.41, 5.74) is 4.46. The summed E-state index contributed by atoms with van der Waals surface area (Å²) in [5, 5.41) is 3.36. The minimum atomic E-state index is 0.813. The first kappa shape index (κ1) is 15.3. The summed E-state index contributed by atoms with van der Waals surface area (Å²) in [6, 6.07) is 10.2. The second kappa shape index (κ2) is 7.09. The maximum absolute atomic E-state index is 5.31. The Bertz CT molecular complexity index is 598. The van der Waals surface area contributed by atoms with E-state index in [1.54, 1.807) is 7.11 Å². The molecule has 4 heteroatoms. The van der Waals surface area contributed by atoms with Gasteiger partial charge in [0.2, 0.25) is 0 Å².